The maximum Gasteiger partial charge on any atom is 0.0852 e. The van der Waals surface area contributed by atoms with Crippen LogP contribution in [0.25, 0.3) is 10.9 Å². The normalized spacial score (nSPS) is 10.9. The summed E-state index contributed by atoms with van der Waals surface area (Å²) in [5.74, 6) is 0. The van der Waals surface area contributed by atoms with E-state index >= 15 is 0 Å². The van der Waals surface area contributed by atoms with Gasteiger partial charge in [0.25, 0.3) is 0 Å². The molecule has 0 aliphatic heterocycles. The molecular weight excluding hydrogens is 447 g/mol. The quantitative estimate of drug-likeness (QED) is 0.529. The van der Waals surface area contributed by atoms with Gasteiger partial charge >= 0.3 is 0 Å². The topological polar surface area (TPSA) is 12.9 Å². The van der Waals surface area contributed by atoms with Crippen LogP contribution in [0.1, 0.15) is 0 Å². The highest BCUT2D eigenvalue weighted by Gasteiger charge is 2.08. The molecule has 0 aliphatic rings. The van der Waals surface area contributed by atoms with E-state index < -0.39 is 0 Å². The number of pyridine rings is 1. The fourth-order valence-corrected chi connectivity index (χ4v) is 2.96. The molecule has 0 aliphatic carbocycles. The van der Waals surface area contributed by atoms with Gasteiger partial charge in [0.2, 0.25) is 0 Å². The van der Waals surface area contributed by atoms with Crippen LogP contribution in [-0.2, 0) is 0 Å². The molecule has 2 rings (SSSR count). The second-order valence-corrected chi connectivity index (χ2v) is 5.84. The molecule has 0 amide bonds. The first kappa shape index (κ1) is 11.2. The fourth-order valence-electron chi connectivity index (χ4n) is 1.17. The lowest BCUT2D eigenvalue weighted by atomic mass is 10.2. The van der Waals surface area contributed by atoms with Crippen molar-refractivity contribution in [3.05, 3.63) is 35.5 Å². The van der Waals surface area contributed by atoms with Gasteiger partial charge in [0, 0.05) is 20.2 Å². The Bertz CT molecular complexity index is 514. The molecule has 0 saturated heterocycles. The van der Waals surface area contributed by atoms with E-state index in [2.05, 4.69) is 50.2 Å². The molecule has 0 unspecified atom stereocenters. The third-order valence-corrected chi connectivity index (χ3v) is 4.37. The van der Waals surface area contributed by atoms with Crippen LogP contribution in [0.4, 0.5) is 0 Å². The minimum Gasteiger partial charge on any atom is -0.254 e. The minimum absolute atomic E-state index is 0.688. The van der Waals surface area contributed by atoms with Crippen LogP contribution in [0.5, 0.6) is 0 Å². The van der Waals surface area contributed by atoms with Crippen molar-refractivity contribution in [1.82, 2.24) is 4.98 Å². The zero-order chi connectivity index (χ0) is 10.3. The third-order valence-electron chi connectivity index (χ3n) is 1.78. The highest BCUT2D eigenvalue weighted by molar-refractivity contribution is 14.1. The molecule has 5 heteroatoms. The Morgan fingerprint density at radius 3 is 2.50 bits per heavy atom. The zero-order valence-corrected chi connectivity index (χ0v) is 12.5. The molecule has 0 bridgehead atoms. The Labute approximate surface area is 118 Å². The van der Waals surface area contributed by atoms with Gasteiger partial charge in [0.1, 0.15) is 0 Å². The molecule has 0 fully saturated rings. The van der Waals surface area contributed by atoms with E-state index in [0.717, 1.165) is 23.1 Å². The molecule has 0 saturated carbocycles. The number of hydrogen-bond acceptors (Lipinski definition) is 1. The van der Waals surface area contributed by atoms with Crippen molar-refractivity contribution < 1.29 is 0 Å². The van der Waals surface area contributed by atoms with E-state index in [0.29, 0.717) is 5.02 Å². The van der Waals surface area contributed by atoms with Gasteiger partial charge < -0.3 is 0 Å². The molecule has 0 atom stereocenters. The summed E-state index contributed by atoms with van der Waals surface area (Å²) in [6, 6.07) is 3.72. The van der Waals surface area contributed by atoms with Gasteiger partial charge in [-0.1, -0.05) is 23.2 Å². The van der Waals surface area contributed by atoms with E-state index in [9.17, 15) is 0 Å². The average Bonchev–Trinajstić information content (AvgIpc) is 2.12. The number of hydrogen-bond donors (Lipinski definition) is 0. The van der Waals surface area contributed by atoms with Gasteiger partial charge in [-0.05, 0) is 57.3 Å². The summed E-state index contributed by atoms with van der Waals surface area (Å²) in [7, 11) is 0. The number of halogens is 4. The summed E-state index contributed by atoms with van der Waals surface area (Å²) in [4.78, 5) is 4.32. The molecular formula is C9H3Cl2I2N. The Kier molecular flexibility index (Phi) is 3.41. The molecule has 1 nitrogen and oxygen atoms in total. The van der Waals surface area contributed by atoms with Crippen LogP contribution in [0.15, 0.2) is 18.3 Å². The Hall–Kier alpha value is 0.670. The van der Waals surface area contributed by atoms with Gasteiger partial charge in [0.05, 0.1) is 14.1 Å². The minimum atomic E-state index is 0.688. The number of benzene rings is 1. The molecule has 0 radical (unpaired) electrons. The highest BCUT2D eigenvalue weighted by Crippen LogP contribution is 2.31. The summed E-state index contributed by atoms with van der Waals surface area (Å²) in [5.41, 5.74) is 0.903. The third kappa shape index (κ3) is 1.96. The van der Waals surface area contributed by atoms with Crippen molar-refractivity contribution in [2.24, 2.45) is 0 Å². The summed E-state index contributed by atoms with van der Waals surface area (Å²) in [5, 5.41) is 2.32. The first-order chi connectivity index (χ1) is 6.59. The fraction of sp³-hybridized carbons (Fsp3) is 0. The smallest absolute Gasteiger partial charge is 0.0852 e. The van der Waals surface area contributed by atoms with Crippen LogP contribution in [0.3, 0.4) is 0 Å². The van der Waals surface area contributed by atoms with Crippen LogP contribution in [0, 0.1) is 7.14 Å². The van der Waals surface area contributed by atoms with Crippen molar-refractivity contribution in [2.45, 2.75) is 0 Å². The number of nitrogens with zero attached hydrogens (tertiary/aromatic N) is 1. The van der Waals surface area contributed by atoms with Crippen molar-refractivity contribution in [3.63, 3.8) is 0 Å². The highest BCUT2D eigenvalue weighted by atomic mass is 127. The summed E-state index contributed by atoms with van der Waals surface area (Å²) in [6.45, 7) is 0. The molecule has 1 aromatic carbocycles. The molecule has 14 heavy (non-hydrogen) atoms. The monoisotopic (exact) mass is 449 g/mol. The van der Waals surface area contributed by atoms with Gasteiger partial charge in [0.15, 0.2) is 0 Å². The lowest BCUT2D eigenvalue weighted by Gasteiger charge is -2.04. The van der Waals surface area contributed by atoms with Gasteiger partial charge in [-0.15, -0.1) is 0 Å². The van der Waals surface area contributed by atoms with Crippen LogP contribution >= 0.6 is 68.4 Å². The van der Waals surface area contributed by atoms with Gasteiger partial charge in [-0.25, -0.2) is 0 Å². The van der Waals surface area contributed by atoms with Gasteiger partial charge in [-0.3, -0.25) is 4.98 Å². The van der Waals surface area contributed by atoms with E-state index in [1.165, 1.54) is 0 Å². The maximum absolute atomic E-state index is 6.16. The van der Waals surface area contributed by atoms with Crippen LogP contribution in [0.2, 0.25) is 10.0 Å². The van der Waals surface area contributed by atoms with E-state index in [-0.39, 0.29) is 0 Å². The Balaban J connectivity index is 2.95. The van der Waals surface area contributed by atoms with Gasteiger partial charge in [-0.2, -0.15) is 0 Å². The van der Waals surface area contributed by atoms with Crippen molar-refractivity contribution in [2.75, 3.05) is 0 Å². The Morgan fingerprint density at radius 2 is 1.79 bits per heavy atom. The summed E-state index contributed by atoms with van der Waals surface area (Å²) >= 11 is 16.5. The lowest BCUT2D eigenvalue weighted by molar-refractivity contribution is 1.38. The first-order valence-corrected chi connectivity index (χ1v) is 6.59. The lowest BCUT2D eigenvalue weighted by Crippen LogP contribution is -1.87. The molecule has 2 aromatic rings. The molecule has 0 spiro atoms. The zero-order valence-electron chi connectivity index (χ0n) is 6.69. The van der Waals surface area contributed by atoms with Crippen molar-refractivity contribution >= 4 is 79.3 Å². The van der Waals surface area contributed by atoms with Crippen molar-refractivity contribution in [3.8, 4) is 0 Å². The molecule has 1 aromatic heterocycles. The standard InChI is InChI=1S/C9H3Cl2I2N/c10-4-1-5-8(11)7(13)3-14-9(5)6(12)2-4/h1-3H. The Morgan fingerprint density at radius 1 is 1.07 bits per heavy atom. The maximum atomic E-state index is 6.16. The second-order valence-electron chi connectivity index (χ2n) is 2.70. The predicted octanol–water partition coefficient (Wildman–Crippen LogP) is 4.75. The summed E-state index contributed by atoms with van der Waals surface area (Å²) < 4.78 is 1.96. The number of fused-ring (bicyclic) bond motifs is 1. The van der Waals surface area contributed by atoms with E-state index in [1.54, 1.807) is 6.20 Å². The van der Waals surface area contributed by atoms with Crippen LogP contribution < -0.4 is 0 Å². The first-order valence-electron chi connectivity index (χ1n) is 3.68. The summed E-state index contributed by atoms with van der Waals surface area (Å²) in [6.07, 6.45) is 1.77. The molecule has 0 N–H and O–H groups in total. The molecule has 72 valence electrons. The predicted molar refractivity (Wildman–Crippen MR) is 77.2 cm³/mol. The van der Waals surface area contributed by atoms with Crippen LogP contribution in [-0.4, -0.2) is 4.98 Å². The number of aromatic nitrogens is 1. The largest absolute Gasteiger partial charge is 0.254 e. The van der Waals surface area contributed by atoms with E-state index in [4.69, 9.17) is 23.2 Å². The van der Waals surface area contributed by atoms with E-state index in [1.807, 2.05) is 12.1 Å². The SMILES string of the molecule is Clc1cc(I)c2ncc(I)c(Cl)c2c1. The van der Waals surface area contributed by atoms with Crippen molar-refractivity contribution in [1.29, 1.82) is 0 Å². The number of rotatable bonds is 0. The molecule has 1 heterocycles. The second kappa shape index (κ2) is 4.27. The average molecular weight is 450 g/mol.